The summed E-state index contributed by atoms with van der Waals surface area (Å²) in [5.41, 5.74) is 0. The SMILES string of the molecule is O=C(O)C1CCCCCN1C(=O)NCCCn1ccnn1. The van der Waals surface area contributed by atoms with Crippen LogP contribution in [0.15, 0.2) is 12.4 Å². The van der Waals surface area contributed by atoms with Gasteiger partial charge in [0, 0.05) is 25.8 Å². The molecule has 1 atom stereocenters. The van der Waals surface area contributed by atoms with Gasteiger partial charge in [-0.1, -0.05) is 18.1 Å². The Labute approximate surface area is 123 Å². The topological polar surface area (TPSA) is 100 Å². The van der Waals surface area contributed by atoms with Crippen LogP contribution in [-0.4, -0.2) is 56.1 Å². The van der Waals surface area contributed by atoms with E-state index in [0.717, 1.165) is 25.7 Å². The van der Waals surface area contributed by atoms with E-state index in [1.807, 2.05) is 0 Å². The number of urea groups is 1. The lowest BCUT2D eigenvalue weighted by Crippen LogP contribution is -2.49. The van der Waals surface area contributed by atoms with Gasteiger partial charge in [0.15, 0.2) is 0 Å². The van der Waals surface area contributed by atoms with E-state index in [9.17, 15) is 14.7 Å². The van der Waals surface area contributed by atoms with Crippen LogP contribution in [0.5, 0.6) is 0 Å². The number of amides is 2. The van der Waals surface area contributed by atoms with Crippen LogP contribution in [0.2, 0.25) is 0 Å². The number of carboxylic acid groups (broad SMARTS) is 1. The van der Waals surface area contributed by atoms with E-state index in [0.29, 0.717) is 26.1 Å². The number of hydrogen-bond acceptors (Lipinski definition) is 4. The van der Waals surface area contributed by atoms with Crippen molar-refractivity contribution >= 4 is 12.0 Å². The molecule has 1 aromatic rings. The van der Waals surface area contributed by atoms with Crippen molar-refractivity contribution in [2.45, 2.75) is 44.7 Å². The van der Waals surface area contributed by atoms with Crippen LogP contribution in [0.25, 0.3) is 0 Å². The highest BCUT2D eigenvalue weighted by atomic mass is 16.4. The molecule has 1 aliphatic heterocycles. The third-order valence-corrected chi connectivity index (χ3v) is 3.61. The normalized spacial score (nSPS) is 19.0. The fourth-order valence-corrected chi connectivity index (χ4v) is 2.50. The number of aliphatic carboxylic acids is 1. The molecule has 2 N–H and O–H groups in total. The second-order valence-electron chi connectivity index (χ2n) is 5.15. The summed E-state index contributed by atoms with van der Waals surface area (Å²) in [5.74, 6) is -0.922. The first-order chi connectivity index (χ1) is 10.2. The number of carboxylic acids is 1. The van der Waals surface area contributed by atoms with Gasteiger partial charge in [0.25, 0.3) is 0 Å². The maximum Gasteiger partial charge on any atom is 0.326 e. The average molecular weight is 295 g/mol. The molecule has 1 aliphatic rings. The fourth-order valence-electron chi connectivity index (χ4n) is 2.50. The number of nitrogens with zero attached hydrogens (tertiary/aromatic N) is 4. The van der Waals surface area contributed by atoms with Crippen molar-refractivity contribution in [1.29, 1.82) is 0 Å². The zero-order valence-corrected chi connectivity index (χ0v) is 11.9. The molecule has 0 bridgehead atoms. The van der Waals surface area contributed by atoms with Crippen LogP contribution in [0.3, 0.4) is 0 Å². The van der Waals surface area contributed by atoms with Gasteiger partial charge in [-0.05, 0) is 19.3 Å². The highest BCUT2D eigenvalue weighted by Gasteiger charge is 2.30. The third-order valence-electron chi connectivity index (χ3n) is 3.61. The van der Waals surface area contributed by atoms with Crippen molar-refractivity contribution in [1.82, 2.24) is 25.2 Å². The predicted molar refractivity (Wildman–Crippen MR) is 74.6 cm³/mol. The van der Waals surface area contributed by atoms with Gasteiger partial charge < -0.3 is 15.3 Å². The average Bonchev–Trinajstić information content (AvgIpc) is 2.84. The van der Waals surface area contributed by atoms with Gasteiger partial charge in [0.05, 0.1) is 6.20 Å². The van der Waals surface area contributed by atoms with Crippen LogP contribution in [0.1, 0.15) is 32.1 Å². The minimum atomic E-state index is -0.922. The van der Waals surface area contributed by atoms with E-state index in [1.165, 1.54) is 4.90 Å². The Kier molecular flexibility index (Phi) is 5.53. The molecule has 2 amide bonds. The Bertz CT molecular complexity index is 462. The fraction of sp³-hybridized carbons (Fsp3) is 0.692. The number of aryl methyl sites for hydroxylation is 1. The quantitative estimate of drug-likeness (QED) is 0.779. The second-order valence-corrected chi connectivity index (χ2v) is 5.15. The van der Waals surface area contributed by atoms with Crippen molar-refractivity contribution in [3.63, 3.8) is 0 Å². The molecule has 0 radical (unpaired) electrons. The van der Waals surface area contributed by atoms with Crippen molar-refractivity contribution in [2.24, 2.45) is 0 Å². The van der Waals surface area contributed by atoms with E-state index in [4.69, 9.17) is 0 Å². The summed E-state index contributed by atoms with van der Waals surface area (Å²) in [6.07, 6.45) is 7.30. The van der Waals surface area contributed by atoms with Crippen LogP contribution in [0, 0.1) is 0 Å². The molecule has 0 spiro atoms. The van der Waals surface area contributed by atoms with Crippen LogP contribution in [-0.2, 0) is 11.3 Å². The highest BCUT2D eigenvalue weighted by Crippen LogP contribution is 2.17. The first-order valence-electron chi connectivity index (χ1n) is 7.30. The van der Waals surface area contributed by atoms with Crippen LogP contribution >= 0.6 is 0 Å². The van der Waals surface area contributed by atoms with Gasteiger partial charge in [-0.25, -0.2) is 9.59 Å². The maximum atomic E-state index is 12.1. The summed E-state index contributed by atoms with van der Waals surface area (Å²) < 4.78 is 1.69. The van der Waals surface area contributed by atoms with E-state index >= 15 is 0 Å². The Morgan fingerprint density at radius 1 is 1.33 bits per heavy atom. The number of rotatable bonds is 5. The summed E-state index contributed by atoms with van der Waals surface area (Å²) in [6, 6.07) is -0.995. The van der Waals surface area contributed by atoms with Crippen LogP contribution in [0.4, 0.5) is 4.79 Å². The largest absolute Gasteiger partial charge is 0.480 e. The second kappa shape index (κ2) is 7.61. The van der Waals surface area contributed by atoms with Gasteiger partial charge in [-0.15, -0.1) is 5.10 Å². The van der Waals surface area contributed by atoms with Gasteiger partial charge in [0.2, 0.25) is 0 Å². The summed E-state index contributed by atoms with van der Waals surface area (Å²) in [5, 5.41) is 19.6. The standard InChI is InChI=1S/C13H21N5O3/c19-12(20)11-5-2-1-3-9-18(11)13(21)14-6-4-8-17-10-7-15-16-17/h7,10-11H,1-6,8-9H2,(H,14,21)(H,19,20). The van der Waals surface area contributed by atoms with Gasteiger partial charge in [-0.3, -0.25) is 4.68 Å². The van der Waals surface area contributed by atoms with E-state index in [2.05, 4.69) is 15.6 Å². The van der Waals surface area contributed by atoms with Gasteiger partial charge in [-0.2, -0.15) is 0 Å². The molecule has 8 heteroatoms. The monoisotopic (exact) mass is 295 g/mol. The number of hydrogen-bond donors (Lipinski definition) is 2. The van der Waals surface area contributed by atoms with Crippen molar-refractivity contribution < 1.29 is 14.7 Å². The molecule has 21 heavy (non-hydrogen) atoms. The molecule has 1 unspecified atom stereocenters. The minimum Gasteiger partial charge on any atom is -0.480 e. The number of nitrogens with one attached hydrogen (secondary N) is 1. The molecule has 8 nitrogen and oxygen atoms in total. The molecule has 1 aromatic heterocycles. The summed E-state index contributed by atoms with van der Waals surface area (Å²) in [6.45, 7) is 1.66. The molecule has 2 rings (SSSR count). The number of carbonyl (C=O) groups excluding carboxylic acids is 1. The molecule has 0 aliphatic carbocycles. The molecule has 2 heterocycles. The molecular weight excluding hydrogens is 274 g/mol. The van der Waals surface area contributed by atoms with Crippen molar-refractivity contribution in [3.8, 4) is 0 Å². The Balaban J connectivity index is 1.78. The molecule has 0 saturated carbocycles. The summed E-state index contributed by atoms with van der Waals surface area (Å²) in [7, 11) is 0. The van der Waals surface area contributed by atoms with E-state index in [-0.39, 0.29) is 6.03 Å². The first-order valence-corrected chi connectivity index (χ1v) is 7.30. The molecular formula is C13H21N5O3. The maximum absolute atomic E-state index is 12.1. The van der Waals surface area contributed by atoms with Crippen molar-refractivity contribution in [3.05, 3.63) is 12.4 Å². The number of carbonyl (C=O) groups is 2. The molecule has 1 saturated heterocycles. The predicted octanol–water partition coefficient (Wildman–Crippen LogP) is 0.707. The van der Waals surface area contributed by atoms with E-state index in [1.54, 1.807) is 17.1 Å². The first kappa shape index (κ1) is 15.3. The lowest BCUT2D eigenvalue weighted by Gasteiger charge is -2.27. The lowest BCUT2D eigenvalue weighted by atomic mass is 10.1. The highest BCUT2D eigenvalue weighted by molar-refractivity contribution is 5.82. The third kappa shape index (κ3) is 4.44. The molecule has 1 fully saturated rings. The zero-order chi connectivity index (χ0) is 15.1. The Morgan fingerprint density at radius 2 is 2.19 bits per heavy atom. The smallest absolute Gasteiger partial charge is 0.326 e. The molecule has 0 aromatic carbocycles. The zero-order valence-electron chi connectivity index (χ0n) is 11.9. The summed E-state index contributed by atoms with van der Waals surface area (Å²) in [4.78, 5) is 24.9. The minimum absolute atomic E-state index is 0.289. The Morgan fingerprint density at radius 3 is 2.90 bits per heavy atom. The van der Waals surface area contributed by atoms with Crippen molar-refractivity contribution in [2.75, 3.05) is 13.1 Å². The summed E-state index contributed by atoms with van der Waals surface area (Å²) >= 11 is 0. The lowest BCUT2D eigenvalue weighted by molar-refractivity contribution is -0.142. The Hall–Kier alpha value is -2.12. The van der Waals surface area contributed by atoms with Gasteiger partial charge in [0.1, 0.15) is 6.04 Å². The molecule has 116 valence electrons. The van der Waals surface area contributed by atoms with E-state index < -0.39 is 12.0 Å². The number of likely N-dealkylation sites (tertiary alicyclic amines) is 1. The number of aromatic nitrogens is 3. The van der Waals surface area contributed by atoms with Crippen LogP contribution < -0.4 is 5.32 Å². The van der Waals surface area contributed by atoms with Gasteiger partial charge >= 0.3 is 12.0 Å².